The third-order valence-electron chi connectivity index (χ3n) is 3.27. The molecule has 3 nitrogen and oxygen atoms in total. The topological polar surface area (TPSA) is 41.1 Å². The quantitative estimate of drug-likeness (QED) is 0.811. The molecule has 18 heavy (non-hydrogen) atoms. The van der Waals surface area contributed by atoms with Crippen LogP contribution in [-0.2, 0) is 10.2 Å². The van der Waals surface area contributed by atoms with Gasteiger partial charge in [-0.25, -0.2) is 5.43 Å². The minimum atomic E-state index is -0.579. The second-order valence-corrected chi connectivity index (χ2v) is 4.86. The van der Waals surface area contributed by atoms with Gasteiger partial charge in [0.05, 0.1) is 5.41 Å². The third kappa shape index (κ3) is 2.09. The first kappa shape index (κ1) is 12.6. The van der Waals surface area contributed by atoms with Crippen molar-refractivity contribution < 1.29 is 4.79 Å². The molecule has 2 aromatic rings. The van der Waals surface area contributed by atoms with Gasteiger partial charge in [0.25, 0.3) is 0 Å². The summed E-state index contributed by atoms with van der Waals surface area (Å²) in [6, 6.07) is 14.2. The summed E-state index contributed by atoms with van der Waals surface area (Å²) in [5, 5.41) is 2.27. The summed E-state index contributed by atoms with van der Waals surface area (Å²) in [6.07, 6.45) is 0. The lowest BCUT2D eigenvalue weighted by molar-refractivity contribution is -0.126. The van der Waals surface area contributed by atoms with E-state index in [1.165, 1.54) is 0 Å². The molecule has 0 aliphatic carbocycles. The molecule has 94 valence electrons. The van der Waals surface area contributed by atoms with Gasteiger partial charge in [-0.3, -0.25) is 10.2 Å². The van der Waals surface area contributed by atoms with Crippen molar-refractivity contribution in [2.45, 2.75) is 19.3 Å². The zero-order valence-electron chi connectivity index (χ0n) is 10.9. The van der Waals surface area contributed by atoms with Crippen molar-refractivity contribution in [2.24, 2.45) is 0 Å². The number of hydrogen-bond donors (Lipinski definition) is 2. The summed E-state index contributed by atoms with van der Waals surface area (Å²) < 4.78 is 0. The molecule has 0 unspecified atom stereocenters. The molecule has 0 saturated carbocycles. The van der Waals surface area contributed by atoms with Crippen molar-refractivity contribution >= 4 is 16.7 Å². The van der Waals surface area contributed by atoms with E-state index in [0.717, 1.165) is 16.3 Å². The standard InChI is InChI=1S/C15H18N2O/c1-15(2,14(18)17-16-3)13-10-6-8-11-7-4-5-9-12(11)13/h4-10,16H,1-3H3,(H,17,18). The maximum Gasteiger partial charge on any atom is 0.244 e. The van der Waals surface area contributed by atoms with Crippen LogP contribution in [0.1, 0.15) is 19.4 Å². The third-order valence-corrected chi connectivity index (χ3v) is 3.27. The highest BCUT2D eigenvalue weighted by Crippen LogP contribution is 2.30. The number of fused-ring (bicyclic) bond motifs is 1. The van der Waals surface area contributed by atoms with Gasteiger partial charge in [-0.05, 0) is 30.2 Å². The maximum absolute atomic E-state index is 12.1. The zero-order valence-corrected chi connectivity index (χ0v) is 10.9. The molecule has 0 atom stereocenters. The van der Waals surface area contributed by atoms with E-state index in [0.29, 0.717) is 0 Å². The predicted octanol–water partition coefficient (Wildman–Crippen LogP) is 2.37. The Balaban J connectivity index is 2.56. The molecule has 0 heterocycles. The van der Waals surface area contributed by atoms with Crippen molar-refractivity contribution in [3.05, 3.63) is 48.0 Å². The smallest absolute Gasteiger partial charge is 0.244 e. The van der Waals surface area contributed by atoms with Gasteiger partial charge in [-0.15, -0.1) is 0 Å². The molecule has 0 fully saturated rings. The fraction of sp³-hybridized carbons (Fsp3) is 0.267. The van der Waals surface area contributed by atoms with Crippen LogP contribution in [0.25, 0.3) is 10.8 Å². The van der Waals surface area contributed by atoms with Crippen LogP contribution < -0.4 is 10.9 Å². The Morgan fingerprint density at radius 1 is 1.06 bits per heavy atom. The van der Waals surface area contributed by atoms with Gasteiger partial charge in [-0.1, -0.05) is 42.5 Å². The monoisotopic (exact) mass is 242 g/mol. The molecule has 3 heteroatoms. The van der Waals surface area contributed by atoms with Crippen LogP contribution in [-0.4, -0.2) is 13.0 Å². The van der Waals surface area contributed by atoms with E-state index < -0.39 is 5.41 Å². The number of hydrazine groups is 1. The Labute approximate surface area is 107 Å². The number of nitrogens with one attached hydrogen (secondary N) is 2. The fourth-order valence-corrected chi connectivity index (χ4v) is 2.16. The lowest BCUT2D eigenvalue weighted by Gasteiger charge is -2.25. The summed E-state index contributed by atoms with van der Waals surface area (Å²) in [7, 11) is 1.69. The number of carbonyl (C=O) groups excluding carboxylic acids is 1. The zero-order chi connectivity index (χ0) is 13.2. The average Bonchev–Trinajstić information content (AvgIpc) is 2.38. The van der Waals surface area contributed by atoms with Crippen LogP contribution in [0.5, 0.6) is 0 Å². The normalized spacial score (nSPS) is 11.5. The molecule has 0 radical (unpaired) electrons. The Bertz CT molecular complexity index is 570. The van der Waals surface area contributed by atoms with Crippen LogP contribution in [0, 0.1) is 0 Å². The Hall–Kier alpha value is -1.87. The summed E-state index contributed by atoms with van der Waals surface area (Å²) in [4.78, 5) is 12.1. The fourth-order valence-electron chi connectivity index (χ4n) is 2.16. The summed E-state index contributed by atoms with van der Waals surface area (Å²) in [5.74, 6) is -0.0404. The van der Waals surface area contributed by atoms with Crippen molar-refractivity contribution in [3.63, 3.8) is 0 Å². The highest BCUT2D eigenvalue weighted by atomic mass is 16.2. The lowest BCUT2D eigenvalue weighted by Crippen LogP contribution is -2.45. The number of carbonyl (C=O) groups is 1. The number of amides is 1. The second kappa shape index (κ2) is 4.78. The van der Waals surface area contributed by atoms with Crippen molar-refractivity contribution in [1.82, 2.24) is 10.9 Å². The van der Waals surface area contributed by atoms with Gasteiger partial charge in [0.15, 0.2) is 0 Å². The molecule has 2 N–H and O–H groups in total. The van der Waals surface area contributed by atoms with Gasteiger partial charge in [-0.2, -0.15) is 0 Å². The molecule has 1 amide bonds. The second-order valence-electron chi connectivity index (χ2n) is 4.86. The van der Waals surface area contributed by atoms with E-state index in [4.69, 9.17) is 0 Å². The molecular weight excluding hydrogens is 224 g/mol. The highest BCUT2D eigenvalue weighted by Gasteiger charge is 2.30. The Kier molecular flexibility index (Phi) is 3.34. The summed E-state index contributed by atoms with van der Waals surface area (Å²) >= 11 is 0. The molecule has 2 rings (SSSR count). The molecule has 0 bridgehead atoms. The van der Waals surface area contributed by atoms with E-state index in [1.54, 1.807) is 7.05 Å². The van der Waals surface area contributed by atoms with Gasteiger partial charge < -0.3 is 0 Å². The molecule has 0 spiro atoms. The number of benzene rings is 2. The minimum Gasteiger partial charge on any atom is -0.291 e. The average molecular weight is 242 g/mol. The molecule has 0 saturated heterocycles. The van der Waals surface area contributed by atoms with Gasteiger partial charge in [0.1, 0.15) is 0 Å². The van der Waals surface area contributed by atoms with Gasteiger partial charge >= 0.3 is 0 Å². The lowest BCUT2D eigenvalue weighted by atomic mass is 9.81. The van der Waals surface area contributed by atoms with E-state index >= 15 is 0 Å². The summed E-state index contributed by atoms with van der Waals surface area (Å²) in [6.45, 7) is 3.86. The van der Waals surface area contributed by atoms with Crippen LogP contribution in [0.15, 0.2) is 42.5 Å². The highest BCUT2D eigenvalue weighted by molar-refractivity contribution is 5.95. The van der Waals surface area contributed by atoms with E-state index in [2.05, 4.69) is 29.1 Å². The van der Waals surface area contributed by atoms with Crippen molar-refractivity contribution in [1.29, 1.82) is 0 Å². The van der Waals surface area contributed by atoms with E-state index in [1.807, 2.05) is 38.1 Å². The van der Waals surface area contributed by atoms with E-state index in [-0.39, 0.29) is 5.91 Å². The van der Waals surface area contributed by atoms with Gasteiger partial charge in [0.2, 0.25) is 5.91 Å². The maximum atomic E-state index is 12.1. The minimum absolute atomic E-state index is 0.0404. The summed E-state index contributed by atoms with van der Waals surface area (Å²) in [5.41, 5.74) is 5.81. The Morgan fingerprint density at radius 3 is 2.44 bits per heavy atom. The van der Waals surface area contributed by atoms with Crippen LogP contribution >= 0.6 is 0 Å². The number of rotatable bonds is 3. The molecular formula is C15H18N2O. The van der Waals surface area contributed by atoms with E-state index in [9.17, 15) is 4.79 Å². The molecule has 0 aromatic heterocycles. The van der Waals surface area contributed by atoms with Crippen molar-refractivity contribution in [3.8, 4) is 0 Å². The van der Waals surface area contributed by atoms with Crippen LogP contribution in [0.3, 0.4) is 0 Å². The number of hydrogen-bond acceptors (Lipinski definition) is 2. The first-order chi connectivity index (χ1) is 8.57. The molecule has 0 aliphatic rings. The van der Waals surface area contributed by atoms with Crippen LogP contribution in [0.4, 0.5) is 0 Å². The molecule has 0 aliphatic heterocycles. The SMILES string of the molecule is CNNC(=O)C(C)(C)c1cccc2ccccc12. The first-order valence-electron chi connectivity index (χ1n) is 6.03. The van der Waals surface area contributed by atoms with Crippen molar-refractivity contribution in [2.75, 3.05) is 7.05 Å². The van der Waals surface area contributed by atoms with Crippen LogP contribution in [0.2, 0.25) is 0 Å². The van der Waals surface area contributed by atoms with Gasteiger partial charge in [0, 0.05) is 7.05 Å². The largest absolute Gasteiger partial charge is 0.291 e. The molecule has 2 aromatic carbocycles. The first-order valence-corrected chi connectivity index (χ1v) is 6.03. The predicted molar refractivity (Wildman–Crippen MR) is 74.2 cm³/mol. The Morgan fingerprint density at radius 2 is 1.72 bits per heavy atom.